The third-order valence-corrected chi connectivity index (χ3v) is 8.03. The summed E-state index contributed by atoms with van der Waals surface area (Å²) in [4.78, 5) is 4.71. The Kier molecular flexibility index (Phi) is 5.80. The van der Waals surface area contributed by atoms with Gasteiger partial charge in [0.25, 0.3) is 0 Å². The number of oxazole rings is 1. The zero-order chi connectivity index (χ0) is 24.8. The highest BCUT2D eigenvalue weighted by atomic mass is 32.2. The molecule has 0 unspecified atom stereocenters. The first-order chi connectivity index (χ1) is 16.7. The Labute approximate surface area is 200 Å². The van der Waals surface area contributed by atoms with Crippen molar-refractivity contribution in [3.8, 4) is 16.9 Å². The quantitative estimate of drug-likeness (QED) is 0.332. The lowest BCUT2D eigenvalue weighted by molar-refractivity contribution is -0.137. The molecule has 1 fully saturated rings. The maximum Gasteiger partial charge on any atom is 0.416 e. The van der Waals surface area contributed by atoms with Gasteiger partial charge < -0.3 is 9.15 Å². The van der Waals surface area contributed by atoms with Crippen molar-refractivity contribution in [2.45, 2.75) is 30.0 Å². The molecule has 6 nitrogen and oxygen atoms in total. The summed E-state index contributed by atoms with van der Waals surface area (Å²) in [7, 11) is -2.27. The van der Waals surface area contributed by atoms with Crippen molar-refractivity contribution >= 4 is 21.1 Å². The van der Waals surface area contributed by atoms with Crippen molar-refractivity contribution in [1.82, 2.24) is 9.29 Å². The smallest absolute Gasteiger partial charge is 0.416 e. The van der Waals surface area contributed by atoms with Crippen LogP contribution in [-0.2, 0) is 16.2 Å². The van der Waals surface area contributed by atoms with Crippen LogP contribution in [0.4, 0.5) is 13.2 Å². The van der Waals surface area contributed by atoms with Crippen LogP contribution < -0.4 is 4.74 Å². The second-order valence-corrected chi connectivity index (χ2v) is 10.1. The normalized spacial score (nSPS) is 17.2. The van der Waals surface area contributed by atoms with Crippen LogP contribution in [0, 0.1) is 0 Å². The number of methoxy groups -OCH3 is 1. The molecule has 5 rings (SSSR count). The number of hydrogen-bond donors (Lipinski definition) is 0. The maximum absolute atomic E-state index is 13.3. The van der Waals surface area contributed by atoms with Gasteiger partial charge in [0.15, 0.2) is 5.58 Å². The van der Waals surface area contributed by atoms with Gasteiger partial charge in [-0.2, -0.15) is 17.5 Å². The minimum atomic E-state index is -4.40. The molecule has 2 heterocycles. The first kappa shape index (κ1) is 23.4. The van der Waals surface area contributed by atoms with Crippen LogP contribution in [0.1, 0.15) is 30.3 Å². The standard InChI is InChI=1S/C25H21F3N2O4S/c1-33-19-9-11-20(12-10-19)35(31,32)30-14-2-3-22(30)24-29-21-15-17(6-13-23(21)34-24)16-4-7-18(8-5-16)25(26,27)28/h4-13,15,22H,2-3,14H2,1H3/t22-/m0/s1. The monoisotopic (exact) mass is 502 g/mol. The molecule has 1 saturated heterocycles. The van der Waals surface area contributed by atoms with E-state index in [1.54, 1.807) is 30.3 Å². The van der Waals surface area contributed by atoms with E-state index in [1.165, 1.54) is 35.7 Å². The molecule has 3 aromatic carbocycles. The third-order valence-electron chi connectivity index (χ3n) is 6.10. The summed E-state index contributed by atoms with van der Waals surface area (Å²) in [5.74, 6) is 0.851. The van der Waals surface area contributed by atoms with Crippen LogP contribution in [0.5, 0.6) is 5.75 Å². The average Bonchev–Trinajstić information content (AvgIpc) is 3.50. The molecular formula is C25H21F3N2O4S. The van der Waals surface area contributed by atoms with E-state index < -0.39 is 27.8 Å². The molecule has 0 N–H and O–H groups in total. The van der Waals surface area contributed by atoms with Gasteiger partial charge in [0.2, 0.25) is 15.9 Å². The van der Waals surface area contributed by atoms with E-state index in [0.29, 0.717) is 53.3 Å². The molecular weight excluding hydrogens is 481 g/mol. The molecule has 1 aromatic heterocycles. The van der Waals surface area contributed by atoms with Crippen LogP contribution in [-0.4, -0.2) is 31.4 Å². The second-order valence-electron chi connectivity index (χ2n) is 8.26. The molecule has 1 aliphatic heterocycles. The largest absolute Gasteiger partial charge is 0.497 e. The molecule has 0 amide bonds. The van der Waals surface area contributed by atoms with Crippen molar-refractivity contribution in [3.63, 3.8) is 0 Å². The van der Waals surface area contributed by atoms with Gasteiger partial charge in [-0.1, -0.05) is 18.2 Å². The summed E-state index contributed by atoms with van der Waals surface area (Å²) in [6.07, 6.45) is -3.17. The van der Waals surface area contributed by atoms with Crippen molar-refractivity contribution in [2.75, 3.05) is 13.7 Å². The fourth-order valence-corrected chi connectivity index (χ4v) is 5.93. The minimum Gasteiger partial charge on any atom is -0.497 e. The fourth-order valence-electron chi connectivity index (χ4n) is 4.28. The molecule has 182 valence electrons. The lowest BCUT2D eigenvalue weighted by Crippen LogP contribution is -2.30. The highest BCUT2D eigenvalue weighted by Gasteiger charge is 2.39. The Morgan fingerprint density at radius 1 is 1.00 bits per heavy atom. The lowest BCUT2D eigenvalue weighted by atomic mass is 10.0. The van der Waals surface area contributed by atoms with Gasteiger partial charge in [0, 0.05) is 6.54 Å². The number of halogens is 3. The zero-order valence-corrected chi connectivity index (χ0v) is 19.4. The first-order valence-electron chi connectivity index (χ1n) is 10.9. The fraction of sp³-hybridized carbons (Fsp3) is 0.240. The molecule has 10 heteroatoms. The number of rotatable bonds is 5. The topological polar surface area (TPSA) is 72.6 Å². The van der Waals surface area contributed by atoms with E-state index in [4.69, 9.17) is 9.15 Å². The summed E-state index contributed by atoms with van der Waals surface area (Å²) < 4.78 is 77.6. The van der Waals surface area contributed by atoms with Gasteiger partial charge in [-0.3, -0.25) is 0 Å². The van der Waals surface area contributed by atoms with Gasteiger partial charge in [0.1, 0.15) is 17.3 Å². The number of benzene rings is 3. The summed E-state index contributed by atoms with van der Waals surface area (Å²) in [5.41, 5.74) is 1.55. The molecule has 1 aliphatic rings. The van der Waals surface area contributed by atoms with E-state index in [-0.39, 0.29) is 4.90 Å². The number of alkyl halides is 3. The molecule has 0 radical (unpaired) electrons. The highest BCUT2D eigenvalue weighted by molar-refractivity contribution is 7.89. The van der Waals surface area contributed by atoms with Gasteiger partial charge in [0.05, 0.1) is 17.6 Å². The van der Waals surface area contributed by atoms with Crippen molar-refractivity contribution in [2.24, 2.45) is 0 Å². The van der Waals surface area contributed by atoms with E-state index in [2.05, 4.69) is 4.98 Å². The minimum absolute atomic E-state index is 0.158. The molecule has 0 aliphatic carbocycles. The maximum atomic E-state index is 13.3. The number of aromatic nitrogens is 1. The van der Waals surface area contributed by atoms with E-state index in [1.807, 2.05) is 0 Å². The van der Waals surface area contributed by atoms with Crippen LogP contribution in [0.15, 0.2) is 76.0 Å². The first-order valence-corrected chi connectivity index (χ1v) is 12.3. The second kappa shape index (κ2) is 8.69. The summed E-state index contributed by atoms with van der Waals surface area (Å²) >= 11 is 0. The van der Waals surface area contributed by atoms with Gasteiger partial charge in [-0.15, -0.1) is 0 Å². The van der Waals surface area contributed by atoms with E-state index in [9.17, 15) is 21.6 Å². The van der Waals surface area contributed by atoms with Crippen LogP contribution in [0.25, 0.3) is 22.2 Å². The zero-order valence-electron chi connectivity index (χ0n) is 18.6. The van der Waals surface area contributed by atoms with Crippen LogP contribution in [0.3, 0.4) is 0 Å². The number of nitrogens with zero attached hydrogens (tertiary/aromatic N) is 2. The van der Waals surface area contributed by atoms with E-state index >= 15 is 0 Å². The molecule has 35 heavy (non-hydrogen) atoms. The Bertz CT molecular complexity index is 1460. The van der Waals surface area contributed by atoms with Crippen LogP contribution >= 0.6 is 0 Å². The highest BCUT2D eigenvalue weighted by Crippen LogP contribution is 2.38. The molecule has 0 saturated carbocycles. The lowest BCUT2D eigenvalue weighted by Gasteiger charge is -2.21. The third kappa shape index (κ3) is 4.39. The predicted octanol–water partition coefficient (Wildman–Crippen LogP) is 6.05. The summed E-state index contributed by atoms with van der Waals surface area (Å²) in [6, 6.07) is 15.7. The number of fused-ring (bicyclic) bond motifs is 1. The molecule has 0 spiro atoms. The SMILES string of the molecule is COc1ccc(S(=O)(=O)N2CCC[C@H]2c2nc3cc(-c4ccc(C(F)(F)F)cc4)ccc3o2)cc1. The molecule has 0 bridgehead atoms. The number of sulfonamides is 1. The van der Waals surface area contributed by atoms with Gasteiger partial charge >= 0.3 is 6.18 Å². The Morgan fingerprint density at radius 2 is 1.69 bits per heavy atom. The molecule has 4 aromatic rings. The number of ether oxygens (including phenoxy) is 1. The average molecular weight is 503 g/mol. The Hall–Kier alpha value is -3.37. The summed E-state index contributed by atoms with van der Waals surface area (Å²) in [5, 5.41) is 0. The van der Waals surface area contributed by atoms with Gasteiger partial charge in [-0.25, -0.2) is 13.4 Å². The van der Waals surface area contributed by atoms with E-state index in [0.717, 1.165) is 12.1 Å². The molecule has 1 atom stereocenters. The Balaban J connectivity index is 1.44. The summed E-state index contributed by atoms with van der Waals surface area (Å²) in [6.45, 7) is 0.342. The number of hydrogen-bond acceptors (Lipinski definition) is 5. The Morgan fingerprint density at radius 3 is 2.34 bits per heavy atom. The van der Waals surface area contributed by atoms with Crippen molar-refractivity contribution in [1.29, 1.82) is 0 Å². The van der Waals surface area contributed by atoms with Crippen molar-refractivity contribution in [3.05, 3.63) is 78.2 Å². The van der Waals surface area contributed by atoms with Crippen LogP contribution in [0.2, 0.25) is 0 Å². The predicted molar refractivity (Wildman–Crippen MR) is 123 cm³/mol. The van der Waals surface area contributed by atoms with Crippen molar-refractivity contribution < 1.29 is 30.7 Å². The van der Waals surface area contributed by atoms with Gasteiger partial charge in [-0.05, 0) is 72.5 Å².